The van der Waals surface area contributed by atoms with E-state index in [4.69, 9.17) is 4.52 Å². The Morgan fingerprint density at radius 3 is 2.82 bits per heavy atom. The lowest BCUT2D eigenvalue weighted by atomic mass is 10.2. The van der Waals surface area contributed by atoms with Crippen LogP contribution in [-0.4, -0.2) is 22.6 Å². The molecule has 0 bridgehead atoms. The largest absolute Gasteiger partial charge is 0.355 e. The summed E-state index contributed by atoms with van der Waals surface area (Å²) in [6.07, 6.45) is 0.937. The van der Waals surface area contributed by atoms with Crippen molar-refractivity contribution in [1.82, 2.24) is 15.5 Å². The molecule has 0 atom stereocenters. The molecule has 1 amide bonds. The highest BCUT2D eigenvalue weighted by atomic mass is 32.1. The molecule has 0 spiro atoms. The molecule has 1 aromatic carbocycles. The van der Waals surface area contributed by atoms with E-state index in [-0.39, 0.29) is 5.91 Å². The van der Waals surface area contributed by atoms with Gasteiger partial charge in [-0.1, -0.05) is 41.6 Å². The molecule has 3 aromatic rings. The van der Waals surface area contributed by atoms with Crippen molar-refractivity contribution in [3.8, 4) is 11.4 Å². The van der Waals surface area contributed by atoms with Crippen molar-refractivity contribution in [2.75, 3.05) is 6.54 Å². The van der Waals surface area contributed by atoms with E-state index in [2.05, 4.69) is 15.5 Å². The number of carbonyl (C=O) groups excluding carboxylic acids is 1. The molecule has 0 aliphatic carbocycles. The monoisotopic (exact) mass is 313 g/mol. The third-order valence-corrected chi connectivity index (χ3v) is 3.95. The molecule has 0 aliphatic heterocycles. The molecule has 5 nitrogen and oxygen atoms in total. The molecule has 0 radical (unpaired) electrons. The van der Waals surface area contributed by atoms with Gasteiger partial charge in [0.2, 0.25) is 17.6 Å². The van der Waals surface area contributed by atoms with Gasteiger partial charge in [0.25, 0.3) is 0 Å². The van der Waals surface area contributed by atoms with E-state index in [9.17, 15) is 4.79 Å². The minimum absolute atomic E-state index is 0.00486. The summed E-state index contributed by atoms with van der Waals surface area (Å²) in [6, 6.07) is 13.5. The molecule has 2 heterocycles. The standard InChI is InChI=1S/C16H15N3O2S/c20-14(11-13-7-4-10-22-13)17-9-8-15-18-16(19-21-15)12-5-2-1-3-6-12/h1-7,10H,8-9,11H2,(H,17,20). The first-order valence-electron chi connectivity index (χ1n) is 6.98. The number of aromatic nitrogens is 2. The van der Waals surface area contributed by atoms with Crippen LogP contribution in [0.3, 0.4) is 0 Å². The quantitative estimate of drug-likeness (QED) is 0.760. The zero-order valence-corrected chi connectivity index (χ0v) is 12.7. The van der Waals surface area contributed by atoms with Crippen LogP contribution in [0.5, 0.6) is 0 Å². The van der Waals surface area contributed by atoms with Crippen LogP contribution in [0, 0.1) is 0 Å². The van der Waals surface area contributed by atoms with Gasteiger partial charge < -0.3 is 9.84 Å². The van der Waals surface area contributed by atoms with Crippen molar-refractivity contribution in [2.45, 2.75) is 12.8 Å². The molecular weight excluding hydrogens is 298 g/mol. The van der Waals surface area contributed by atoms with E-state index in [1.165, 1.54) is 0 Å². The van der Waals surface area contributed by atoms with Crippen LogP contribution in [-0.2, 0) is 17.6 Å². The molecule has 2 aromatic heterocycles. The van der Waals surface area contributed by atoms with Crippen LogP contribution in [0.1, 0.15) is 10.8 Å². The summed E-state index contributed by atoms with van der Waals surface area (Å²) in [5, 5.41) is 8.77. The van der Waals surface area contributed by atoms with Crippen molar-refractivity contribution in [2.24, 2.45) is 0 Å². The van der Waals surface area contributed by atoms with Gasteiger partial charge in [0.15, 0.2) is 0 Å². The van der Waals surface area contributed by atoms with Gasteiger partial charge in [-0.15, -0.1) is 11.3 Å². The molecule has 0 aliphatic rings. The van der Waals surface area contributed by atoms with Crippen molar-refractivity contribution < 1.29 is 9.32 Å². The average Bonchev–Trinajstić information content (AvgIpc) is 3.20. The molecule has 3 rings (SSSR count). The number of amides is 1. The van der Waals surface area contributed by atoms with Gasteiger partial charge in [-0.2, -0.15) is 4.98 Å². The lowest BCUT2D eigenvalue weighted by Crippen LogP contribution is -2.27. The molecule has 112 valence electrons. The van der Waals surface area contributed by atoms with Crippen molar-refractivity contribution in [3.05, 3.63) is 58.6 Å². The summed E-state index contributed by atoms with van der Waals surface area (Å²) >= 11 is 1.58. The third kappa shape index (κ3) is 3.79. The van der Waals surface area contributed by atoms with E-state index in [0.717, 1.165) is 10.4 Å². The second-order valence-electron chi connectivity index (χ2n) is 4.73. The Balaban J connectivity index is 1.48. The van der Waals surface area contributed by atoms with Gasteiger partial charge in [-0.3, -0.25) is 4.79 Å². The molecule has 0 saturated carbocycles. The molecule has 0 fully saturated rings. The molecule has 0 unspecified atom stereocenters. The fraction of sp³-hybridized carbons (Fsp3) is 0.188. The van der Waals surface area contributed by atoms with Gasteiger partial charge in [-0.25, -0.2) is 0 Å². The molecule has 0 saturated heterocycles. The summed E-state index contributed by atoms with van der Waals surface area (Å²) in [7, 11) is 0. The maximum atomic E-state index is 11.8. The van der Waals surface area contributed by atoms with Crippen molar-refractivity contribution in [3.63, 3.8) is 0 Å². The van der Waals surface area contributed by atoms with Gasteiger partial charge in [0.05, 0.1) is 6.42 Å². The predicted octanol–water partition coefficient (Wildman–Crippen LogP) is 2.70. The second kappa shape index (κ2) is 7.00. The Labute approximate surface area is 132 Å². The fourth-order valence-corrected chi connectivity index (χ4v) is 2.71. The van der Waals surface area contributed by atoms with E-state index in [0.29, 0.717) is 31.1 Å². The Morgan fingerprint density at radius 2 is 2.05 bits per heavy atom. The normalized spacial score (nSPS) is 10.5. The molecular formula is C16H15N3O2S. The lowest BCUT2D eigenvalue weighted by Gasteiger charge is -2.01. The predicted molar refractivity (Wildman–Crippen MR) is 84.5 cm³/mol. The van der Waals surface area contributed by atoms with Crippen molar-refractivity contribution >= 4 is 17.2 Å². The molecule has 22 heavy (non-hydrogen) atoms. The summed E-state index contributed by atoms with van der Waals surface area (Å²) in [6.45, 7) is 0.487. The zero-order valence-electron chi connectivity index (χ0n) is 11.9. The SMILES string of the molecule is O=C(Cc1cccs1)NCCc1nc(-c2ccccc2)no1. The van der Waals surface area contributed by atoms with Gasteiger partial charge in [0.1, 0.15) is 0 Å². The van der Waals surface area contributed by atoms with E-state index >= 15 is 0 Å². The van der Waals surface area contributed by atoms with Crippen LogP contribution in [0.4, 0.5) is 0 Å². The lowest BCUT2D eigenvalue weighted by molar-refractivity contribution is -0.120. The minimum Gasteiger partial charge on any atom is -0.355 e. The molecule has 6 heteroatoms. The van der Waals surface area contributed by atoms with Crippen LogP contribution < -0.4 is 5.32 Å². The summed E-state index contributed by atoms with van der Waals surface area (Å²) in [4.78, 5) is 17.1. The van der Waals surface area contributed by atoms with Gasteiger partial charge >= 0.3 is 0 Å². The number of thiophene rings is 1. The first kappa shape index (κ1) is 14.5. The summed E-state index contributed by atoms with van der Waals surface area (Å²) < 4.78 is 5.20. The van der Waals surface area contributed by atoms with Crippen LogP contribution in [0.25, 0.3) is 11.4 Å². The maximum absolute atomic E-state index is 11.8. The molecule has 1 N–H and O–H groups in total. The van der Waals surface area contributed by atoms with Crippen LogP contribution in [0.2, 0.25) is 0 Å². The maximum Gasteiger partial charge on any atom is 0.228 e. The Hall–Kier alpha value is -2.47. The average molecular weight is 313 g/mol. The topological polar surface area (TPSA) is 68.0 Å². The summed E-state index contributed by atoms with van der Waals surface area (Å²) in [5.41, 5.74) is 0.916. The van der Waals surface area contributed by atoms with E-state index in [1.807, 2.05) is 47.8 Å². The van der Waals surface area contributed by atoms with Crippen LogP contribution in [0.15, 0.2) is 52.4 Å². The number of hydrogen-bond donors (Lipinski definition) is 1. The number of nitrogens with zero attached hydrogens (tertiary/aromatic N) is 2. The zero-order chi connectivity index (χ0) is 15.2. The smallest absolute Gasteiger partial charge is 0.228 e. The highest BCUT2D eigenvalue weighted by molar-refractivity contribution is 7.10. The number of hydrogen-bond acceptors (Lipinski definition) is 5. The van der Waals surface area contributed by atoms with Gasteiger partial charge in [0, 0.05) is 23.4 Å². The highest BCUT2D eigenvalue weighted by Gasteiger charge is 2.09. The van der Waals surface area contributed by atoms with Crippen molar-refractivity contribution in [1.29, 1.82) is 0 Å². The van der Waals surface area contributed by atoms with Gasteiger partial charge in [-0.05, 0) is 11.4 Å². The number of rotatable bonds is 6. The first-order chi connectivity index (χ1) is 10.8. The number of carbonyl (C=O) groups is 1. The Bertz CT molecular complexity index is 723. The highest BCUT2D eigenvalue weighted by Crippen LogP contribution is 2.14. The summed E-state index contributed by atoms with van der Waals surface area (Å²) in [5.74, 6) is 1.10. The fourth-order valence-electron chi connectivity index (χ4n) is 2.00. The number of nitrogens with one attached hydrogen (secondary N) is 1. The van der Waals surface area contributed by atoms with E-state index < -0.39 is 0 Å². The minimum atomic E-state index is 0.00486. The third-order valence-electron chi connectivity index (χ3n) is 3.08. The number of benzene rings is 1. The Kier molecular flexibility index (Phi) is 4.60. The Morgan fingerprint density at radius 1 is 1.18 bits per heavy atom. The first-order valence-corrected chi connectivity index (χ1v) is 7.86. The second-order valence-corrected chi connectivity index (χ2v) is 5.77. The van der Waals surface area contributed by atoms with Crippen LogP contribution >= 0.6 is 11.3 Å². The van der Waals surface area contributed by atoms with E-state index in [1.54, 1.807) is 11.3 Å².